The maximum Gasteiger partial charge on any atom is 0.285 e. The largest absolute Gasteiger partial charge is 0.418 e. The van der Waals surface area contributed by atoms with Crippen molar-refractivity contribution in [2.45, 2.75) is 73.5 Å². The highest BCUT2D eigenvalue weighted by atomic mass is 16.4. The molecule has 0 bridgehead atoms. The molecule has 1 unspecified atom stereocenters. The van der Waals surface area contributed by atoms with E-state index in [2.05, 4.69) is 49.6 Å². The Hall–Kier alpha value is -3.35. The van der Waals surface area contributed by atoms with Gasteiger partial charge in [-0.05, 0) is 24.0 Å². The Kier molecular flexibility index (Phi) is 10.5. The van der Waals surface area contributed by atoms with Crippen LogP contribution in [0.15, 0.2) is 28.7 Å². The molecular weight excluding hydrogens is 464 g/mol. The zero-order valence-corrected chi connectivity index (χ0v) is 23.1. The van der Waals surface area contributed by atoms with Crippen molar-refractivity contribution in [3.05, 3.63) is 52.5 Å². The second kappa shape index (κ2) is 13.8. The van der Waals surface area contributed by atoms with Gasteiger partial charge in [-0.25, -0.2) is 9.97 Å². The number of anilines is 1. The molecule has 0 spiro atoms. The lowest BCUT2D eigenvalue weighted by molar-refractivity contribution is 0.199. The van der Waals surface area contributed by atoms with Gasteiger partial charge in [0, 0.05) is 64.7 Å². The molecule has 1 aromatic carbocycles. The summed E-state index contributed by atoms with van der Waals surface area (Å²) in [6, 6.07) is 11.0. The van der Waals surface area contributed by atoms with Crippen molar-refractivity contribution in [2.75, 3.05) is 31.1 Å². The van der Waals surface area contributed by atoms with Crippen LogP contribution in [0.1, 0.15) is 75.4 Å². The first kappa shape index (κ1) is 28.2. The predicted octanol–water partition coefficient (Wildman–Crippen LogP) is 4.83. The minimum atomic E-state index is 0.399. The Morgan fingerprint density at radius 1 is 1.03 bits per heavy atom. The molecule has 1 aliphatic carbocycles. The average molecular weight is 505 g/mol. The van der Waals surface area contributed by atoms with Crippen LogP contribution < -0.4 is 10.2 Å². The molecule has 1 saturated heterocycles. The number of hydrogen-bond acceptors (Lipinski definition) is 9. The lowest BCUT2D eigenvalue weighted by Gasteiger charge is -2.30. The molecule has 1 N–H and O–H groups in total. The fourth-order valence-electron chi connectivity index (χ4n) is 5.02. The highest BCUT2D eigenvalue weighted by Crippen LogP contribution is 2.41. The Morgan fingerprint density at radius 2 is 1.73 bits per heavy atom. The summed E-state index contributed by atoms with van der Waals surface area (Å²) >= 11 is 0. The first-order valence-electron chi connectivity index (χ1n) is 13.5. The van der Waals surface area contributed by atoms with Gasteiger partial charge in [0.25, 0.3) is 5.89 Å². The van der Waals surface area contributed by atoms with E-state index in [0.717, 1.165) is 57.2 Å². The third-order valence-corrected chi connectivity index (χ3v) is 6.46. The zero-order chi connectivity index (χ0) is 26.8. The van der Waals surface area contributed by atoms with Gasteiger partial charge in [-0.2, -0.15) is 5.26 Å². The van der Waals surface area contributed by atoms with E-state index in [1.165, 1.54) is 30.0 Å². The lowest BCUT2D eigenvalue weighted by Crippen LogP contribution is -2.44. The van der Waals surface area contributed by atoms with Crippen molar-refractivity contribution < 1.29 is 4.42 Å². The maximum atomic E-state index is 7.32. The summed E-state index contributed by atoms with van der Waals surface area (Å²) in [6.45, 7) is 16.8. The van der Waals surface area contributed by atoms with E-state index in [1.807, 2.05) is 27.7 Å². The minimum Gasteiger partial charge on any atom is -0.418 e. The van der Waals surface area contributed by atoms with Crippen molar-refractivity contribution >= 4 is 5.82 Å². The van der Waals surface area contributed by atoms with Crippen LogP contribution in [0.25, 0.3) is 11.7 Å². The Balaban J connectivity index is 0.000000499. The second-order valence-corrected chi connectivity index (χ2v) is 8.54. The SMILES string of the molecule is CC.CC.CC#N.Cc1nnc(-c2nc3c(c(N4CCNCC4)n2)CN(C2CCc4ccccc42)C3)o1. The molecule has 3 aromatic rings. The van der Waals surface area contributed by atoms with Gasteiger partial charge < -0.3 is 14.6 Å². The second-order valence-electron chi connectivity index (χ2n) is 8.54. The molecule has 4 heterocycles. The summed E-state index contributed by atoms with van der Waals surface area (Å²) in [6.07, 6.45) is 2.32. The standard InChI is InChI=1S/C22H25N7O.C2H3N.2C2H6/c1-14-26-27-22(30-14)20-24-18-13-29(19-7-6-15-4-2-3-5-16(15)19)12-17(18)21(25-20)28-10-8-23-9-11-28;1-2-3;2*1-2/h2-5,19,23H,6-13H2,1H3;1H3;2*1-2H3. The monoisotopic (exact) mass is 504 g/mol. The van der Waals surface area contributed by atoms with Crippen molar-refractivity contribution in [3.63, 3.8) is 0 Å². The van der Waals surface area contributed by atoms with Crippen molar-refractivity contribution in [3.8, 4) is 17.8 Å². The normalized spacial score (nSPS) is 17.6. The van der Waals surface area contributed by atoms with Crippen LogP contribution in [0.3, 0.4) is 0 Å². The van der Waals surface area contributed by atoms with Gasteiger partial charge >= 0.3 is 0 Å². The Bertz CT molecular complexity index is 1180. The molecule has 6 rings (SSSR count). The minimum absolute atomic E-state index is 0.399. The van der Waals surface area contributed by atoms with Gasteiger partial charge in [0.2, 0.25) is 11.7 Å². The molecular formula is C28H40N8O. The Labute approximate surface area is 220 Å². The molecule has 2 aliphatic heterocycles. The van der Waals surface area contributed by atoms with Crippen molar-refractivity contribution in [2.24, 2.45) is 0 Å². The van der Waals surface area contributed by atoms with Crippen LogP contribution in [-0.2, 0) is 19.5 Å². The summed E-state index contributed by atoms with van der Waals surface area (Å²) in [4.78, 5) is 14.7. The average Bonchev–Trinajstić information content (AvgIpc) is 3.69. The van der Waals surface area contributed by atoms with Gasteiger partial charge in [-0.3, -0.25) is 4.90 Å². The van der Waals surface area contributed by atoms with Crippen LogP contribution >= 0.6 is 0 Å². The number of hydrogen-bond donors (Lipinski definition) is 1. The lowest BCUT2D eigenvalue weighted by atomic mass is 10.1. The molecule has 198 valence electrons. The highest BCUT2D eigenvalue weighted by Gasteiger charge is 2.35. The van der Waals surface area contributed by atoms with Crippen LogP contribution in [-0.4, -0.2) is 51.2 Å². The van der Waals surface area contributed by atoms with Crippen molar-refractivity contribution in [1.29, 1.82) is 5.26 Å². The van der Waals surface area contributed by atoms with E-state index in [0.29, 0.717) is 23.6 Å². The van der Waals surface area contributed by atoms with Crippen LogP contribution in [0.4, 0.5) is 5.82 Å². The first-order chi connectivity index (χ1) is 18.2. The molecule has 3 aliphatic rings. The van der Waals surface area contributed by atoms with E-state index >= 15 is 0 Å². The number of nitrogens with zero attached hydrogens (tertiary/aromatic N) is 7. The summed E-state index contributed by atoms with van der Waals surface area (Å²) in [5.41, 5.74) is 5.29. The summed E-state index contributed by atoms with van der Waals surface area (Å²) in [5.74, 6) is 2.50. The maximum absolute atomic E-state index is 7.32. The molecule has 2 aromatic heterocycles. The third kappa shape index (κ3) is 6.32. The predicted molar refractivity (Wildman–Crippen MR) is 146 cm³/mol. The summed E-state index contributed by atoms with van der Waals surface area (Å²) in [5, 5.41) is 18.9. The fourth-order valence-corrected chi connectivity index (χ4v) is 5.02. The van der Waals surface area contributed by atoms with E-state index in [1.54, 1.807) is 13.0 Å². The number of rotatable bonds is 3. The van der Waals surface area contributed by atoms with Gasteiger partial charge in [0.15, 0.2) is 0 Å². The topological polar surface area (TPSA) is 107 Å². The molecule has 1 atom stereocenters. The van der Waals surface area contributed by atoms with E-state index < -0.39 is 0 Å². The number of piperazine rings is 1. The number of aryl methyl sites for hydroxylation is 2. The third-order valence-electron chi connectivity index (χ3n) is 6.46. The zero-order valence-electron chi connectivity index (χ0n) is 23.1. The van der Waals surface area contributed by atoms with Crippen LogP contribution in [0.2, 0.25) is 0 Å². The fraction of sp³-hybridized carbons (Fsp3) is 0.536. The summed E-state index contributed by atoms with van der Waals surface area (Å²) < 4.78 is 5.65. The molecule has 9 nitrogen and oxygen atoms in total. The van der Waals surface area contributed by atoms with E-state index in [4.69, 9.17) is 19.6 Å². The summed E-state index contributed by atoms with van der Waals surface area (Å²) in [7, 11) is 0. The van der Waals surface area contributed by atoms with E-state index in [9.17, 15) is 0 Å². The van der Waals surface area contributed by atoms with Gasteiger partial charge in [0.05, 0.1) is 11.8 Å². The van der Waals surface area contributed by atoms with Gasteiger partial charge in [0.1, 0.15) is 5.82 Å². The smallest absolute Gasteiger partial charge is 0.285 e. The number of fused-ring (bicyclic) bond motifs is 2. The number of benzene rings is 1. The molecule has 1 fully saturated rings. The molecule has 0 amide bonds. The quantitative estimate of drug-likeness (QED) is 0.536. The first-order valence-corrected chi connectivity index (χ1v) is 13.5. The van der Waals surface area contributed by atoms with Crippen LogP contribution in [0, 0.1) is 18.3 Å². The van der Waals surface area contributed by atoms with Gasteiger partial charge in [-0.15, -0.1) is 10.2 Å². The number of aromatic nitrogens is 4. The van der Waals surface area contributed by atoms with Crippen molar-refractivity contribution in [1.82, 2.24) is 30.4 Å². The molecule has 37 heavy (non-hydrogen) atoms. The van der Waals surface area contributed by atoms with Gasteiger partial charge in [-0.1, -0.05) is 52.0 Å². The molecule has 0 saturated carbocycles. The number of nitrogens with one attached hydrogen (secondary N) is 1. The molecule has 0 radical (unpaired) electrons. The Morgan fingerprint density at radius 3 is 2.41 bits per heavy atom. The van der Waals surface area contributed by atoms with E-state index in [-0.39, 0.29) is 0 Å². The molecule has 9 heteroatoms. The number of nitriles is 1. The van der Waals surface area contributed by atoms with Crippen LogP contribution in [0.5, 0.6) is 0 Å². The highest BCUT2D eigenvalue weighted by molar-refractivity contribution is 5.56.